The maximum atomic E-state index is 14.4. The van der Waals surface area contributed by atoms with Crippen molar-refractivity contribution in [2.24, 2.45) is 0 Å². The number of pyridine rings is 1. The molecule has 2 saturated heterocycles. The Hall–Kier alpha value is -3.04. The topological polar surface area (TPSA) is 80.7 Å². The molecule has 2 fully saturated rings. The first kappa shape index (κ1) is 24.6. The Morgan fingerprint density at radius 3 is 2.53 bits per heavy atom. The highest BCUT2D eigenvalue weighted by atomic mass is 19.1. The number of hydrogen-bond donors (Lipinski definition) is 2. The largest absolute Gasteiger partial charge is 0.387 e. The van der Waals surface area contributed by atoms with Gasteiger partial charge < -0.3 is 25.1 Å². The average Bonchev–Trinajstić information content (AvgIpc) is 2.85. The number of alkyl halides is 1. The van der Waals surface area contributed by atoms with Gasteiger partial charge >= 0.3 is 0 Å². The van der Waals surface area contributed by atoms with Gasteiger partial charge in [-0.05, 0) is 55.5 Å². The molecule has 9 heteroatoms. The van der Waals surface area contributed by atoms with E-state index >= 15 is 0 Å². The van der Waals surface area contributed by atoms with Crippen molar-refractivity contribution in [2.75, 3.05) is 61.4 Å². The number of hydrogen-bond acceptors (Lipinski definition) is 8. The van der Waals surface area contributed by atoms with E-state index in [4.69, 9.17) is 4.98 Å². The van der Waals surface area contributed by atoms with Crippen molar-refractivity contribution in [3.05, 3.63) is 42.2 Å². The molecule has 0 aliphatic carbocycles. The molecule has 0 saturated carbocycles. The molecule has 2 N–H and O–H groups in total. The average molecular weight is 494 g/mol. The highest BCUT2D eigenvalue weighted by Crippen LogP contribution is 2.35. The first-order chi connectivity index (χ1) is 17.2. The summed E-state index contributed by atoms with van der Waals surface area (Å²) in [6, 6.07) is 8.36. The van der Waals surface area contributed by atoms with Gasteiger partial charge in [0.1, 0.15) is 17.8 Å². The summed E-state index contributed by atoms with van der Waals surface area (Å²) in [4.78, 5) is 20.3. The zero-order valence-electron chi connectivity index (χ0n) is 21.6. The lowest BCUT2D eigenvalue weighted by molar-refractivity contribution is -0.0332. The van der Waals surface area contributed by atoms with E-state index in [0.29, 0.717) is 36.5 Å². The number of piperazine rings is 1. The zero-order valence-corrected chi connectivity index (χ0v) is 21.6. The van der Waals surface area contributed by atoms with Crippen molar-refractivity contribution in [3.63, 3.8) is 0 Å². The van der Waals surface area contributed by atoms with E-state index in [9.17, 15) is 9.50 Å². The van der Waals surface area contributed by atoms with Crippen LogP contribution in [0.25, 0.3) is 10.8 Å². The van der Waals surface area contributed by atoms with Crippen LogP contribution >= 0.6 is 0 Å². The van der Waals surface area contributed by atoms with Gasteiger partial charge in [0, 0.05) is 56.2 Å². The van der Waals surface area contributed by atoms with E-state index in [0.717, 1.165) is 31.6 Å². The van der Waals surface area contributed by atoms with Crippen LogP contribution in [-0.2, 0) is 0 Å². The van der Waals surface area contributed by atoms with Crippen LogP contribution in [0.4, 0.5) is 27.7 Å². The summed E-state index contributed by atoms with van der Waals surface area (Å²) in [7, 11) is 2.17. The summed E-state index contributed by atoms with van der Waals surface area (Å²) < 4.78 is 14.4. The highest BCUT2D eigenvalue weighted by Gasteiger charge is 2.38. The Balaban J connectivity index is 1.42. The molecule has 2 atom stereocenters. The quantitative estimate of drug-likeness (QED) is 0.553. The van der Waals surface area contributed by atoms with Crippen molar-refractivity contribution in [2.45, 2.75) is 44.9 Å². The number of aliphatic hydroxyl groups is 1. The van der Waals surface area contributed by atoms with Crippen LogP contribution in [-0.4, -0.2) is 83.0 Å². The minimum atomic E-state index is -1.35. The van der Waals surface area contributed by atoms with Crippen LogP contribution in [0.2, 0.25) is 0 Å². The molecule has 2 aliphatic rings. The van der Waals surface area contributed by atoms with Crippen LogP contribution in [0.15, 0.2) is 36.7 Å². The molecule has 2 aromatic heterocycles. The maximum absolute atomic E-state index is 14.4. The highest BCUT2D eigenvalue weighted by molar-refractivity contribution is 5.97. The van der Waals surface area contributed by atoms with Crippen molar-refractivity contribution in [1.29, 1.82) is 0 Å². The number of benzene rings is 1. The third kappa shape index (κ3) is 4.95. The third-order valence-corrected chi connectivity index (χ3v) is 7.50. The number of nitrogens with one attached hydrogen (secondary N) is 1. The molecule has 8 nitrogen and oxygen atoms in total. The van der Waals surface area contributed by atoms with E-state index < -0.39 is 11.8 Å². The molecule has 0 radical (unpaired) electrons. The molecule has 0 amide bonds. The predicted octanol–water partition coefficient (Wildman–Crippen LogP) is 3.94. The molecule has 5 rings (SSSR count). The standard InChI is InChI=1S/C27H36FN7O/c1-18(2)19-5-6-22(34-13-11-33(4)12-14-34)21-16-30-25(15-20(19)21)31-24-7-9-29-26(32-24)35-10-8-27(3,36)23(28)17-35/h5-7,9,15-16,18,23,36H,8,10-14,17H2,1-4H3,(H,29,30,31,32)/t23-,27+/m0/s1. The van der Waals surface area contributed by atoms with E-state index in [1.807, 2.05) is 6.20 Å². The molecule has 0 unspecified atom stereocenters. The molecular weight excluding hydrogens is 457 g/mol. The van der Waals surface area contributed by atoms with E-state index in [1.165, 1.54) is 16.6 Å². The molecule has 192 valence electrons. The molecule has 2 aliphatic heterocycles. The van der Waals surface area contributed by atoms with E-state index in [1.54, 1.807) is 24.1 Å². The number of likely N-dealkylation sites (N-methyl/N-ethyl adjacent to an activating group) is 1. The smallest absolute Gasteiger partial charge is 0.227 e. The molecule has 0 bridgehead atoms. The van der Waals surface area contributed by atoms with Crippen LogP contribution in [0.3, 0.4) is 0 Å². The Morgan fingerprint density at radius 1 is 1.03 bits per heavy atom. The van der Waals surface area contributed by atoms with E-state index in [2.05, 4.69) is 64.2 Å². The number of rotatable bonds is 5. The fourth-order valence-corrected chi connectivity index (χ4v) is 5.02. The van der Waals surface area contributed by atoms with Crippen molar-refractivity contribution >= 4 is 34.0 Å². The lowest BCUT2D eigenvalue weighted by atomic mass is 9.92. The van der Waals surface area contributed by atoms with Gasteiger partial charge in [0.05, 0.1) is 12.1 Å². The van der Waals surface area contributed by atoms with Crippen LogP contribution < -0.4 is 15.1 Å². The van der Waals surface area contributed by atoms with Gasteiger partial charge in [-0.15, -0.1) is 0 Å². The number of aromatic nitrogens is 3. The normalized spacial score (nSPS) is 23.5. The van der Waals surface area contributed by atoms with Gasteiger partial charge in [0.25, 0.3) is 0 Å². The lowest BCUT2D eigenvalue weighted by Crippen LogP contribution is -2.52. The summed E-state index contributed by atoms with van der Waals surface area (Å²) >= 11 is 0. The number of anilines is 4. The molecule has 1 aromatic carbocycles. The van der Waals surface area contributed by atoms with Gasteiger partial charge in [-0.25, -0.2) is 14.4 Å². The minimum Gasteiger partial charge on any atom is -0.387 e. The summed E-state index contributed by atoms with van der Waals surface area (Å²) in [6.45, 7) is 10.6. The van der Waals surface area contributed by atoms with Gasteiger partial charge in [0.15, 0.2) is 0 Å². The predicted molar refractivity (Wildman–Crippen MR) is 143 cm³/mol. The van der Waals surface area contributed by atoms with Crippen molar-refractivity contribution < 1.29 is 9.50 Å². The van der Waals surface area contributed by atoms with Gasteiger partial charge in [0.2, 0.25) is 5.95 Å². The van der Waals surface area contributed by atoms with Crippen LogP contribution in [0.1, 0.15) is 38.7 Å². The molecule has 4 heterocycles. The lowest BCUT2D eigenvalue weighted by Gasteiger charge is -2.38. The molecule has 0 spiro atoms. The number of nitrogens with zero attached hydrogens (tertiary/aromatic N) is 6. The second-order valence-corrected chi connectivity index (χ2v) is 10.6. The molecule has 3 aromatic rings. The zero-order chi connectivity index (χ0) is 25.4. The second-order valence-electron chi connectivity index (χ2n) is 10.6. The monoisotopic (exact) mass is 493 g/mol. The fraction of sp³-hybridized carbons (Fsp3) is 0.519. The summed E-state index contributed by atoms with van der Waals surface area (Å²) in [5, 5.41) is 15.8. The van der Waals surface area contributed by atoms with Gasteiger partial charge in [-0.1, -0.05) is 19.9 Å². The summed E-state index contributed by atoms with van der Waals surface area (Å²) in [6.07, 6.45) is 2.60. The van der Waals surface area contributed by atoms with Crippen molar-refractivity contribution in [1.82, 2.24) is 19.9 Å². The van der Waals surface area contributed by atoms with Crippen LogP contribution in [0.5, 0.6) is 0 Å². The Labute approximate surface area is 212 Å². The summed E-state index contributed by atoms with van der Waals surface area (Å²) in [5.74, 6) is 2.12. The van der Waals surface area contributed by atoms with Gasteiger partial charge in [-0.2, -0.15) is 4.98 Å². The first-order valence-electron chi connectivity index (χ1n) is 12.8. The van der Waals surface area contributed by atoms with Gasteiger partial charge in [-0.3, -0.25) is 0 Å². The molecule has 36 heavy (non-hydrogen) atoms. The minimum absolute atomic E-state index is 0.0670. The maximum Gasteiger partial charge on any atom is 0.227 e. The fourth-order valence-electron chi connectivity index (χ4n) is 5.02. The molecular formula is C27H36FN7O. The second kappa shape index (κ2) is 9.78. The Bertz CT molecular complexity index is 1230. The Morgan fingerprint density at radius 2 is 1.81 bits per heavy atom. The number of halogens is 1. The number of piperidine rings is 1. The van der Waals surface area contributed by atoms with Crippen molar-refractivity contribution in [3.8, 4) is 0 Å². The Kier molecular flexibility index (Phi) is 6.70. The number of fused-ring (bicyclic) bond motifs is 1. The first-order valence-corrected chi connectivity index (χ1v) is 12.8. The third-order valence-electron chi connectivity index (χ3n) is 7.50. The van der Waals surface area contributed by atoms with Crippen LogP contribution in [0, 0.1) is 0 Å². The summed E-state index contributed by atoms with van der Waals surface area (Å²) in [5.41, 5.74) is 1.21. The SMILES string of the molecule is CC(C)c1ccc(N2CCN(C)CC2)c2cnc(Nc3ccnc(N4CC[C@@](C)(O)[C@@H](F)C4)n3)cc12. The van der Waals surface area contributed by atoms with E-state index in [-0.39, 0.29) is 6.54 Å².